The number of carbonyl (C=O) groups excluding carboxylic acids is 1. The van der Waals surface area contributed by atoms with E-state index in [0.29, 0.717) is 17.8 Å². The fourth-order valence-electron chi connectivity index (χ4n) is 2.06. The zero-order chi connectivity index (χ0) is 16.9. The lowest BCUT2D eigenvalue weighted by atomic mass is 10.2. The van der Waals surface area contributed by atoms with E-state index in [-0.39, 0.29) is 11.7 Å². The van der Waals surface area contributed by atoms with E-state index in [9.17, 15) is 13.2 Å². The third-order valence-corrected chi connectivity index (χ3v) is 4.79. The molecule has 0 unspecified atom stereocenters. The summed E-state index contributed by atoms with van der Waals surface area (Å²) in [7, 11) is -1.74. The molecule has 5 nitrogen and oxygen atoms in total. The van der Waals surface area contributed by atoms with E-state index in [4.69, 9.17) is 0 Å². The van der Waals surface area contributed by atoms with Gasteiger partial charge in [0.25, 0.3) is 0 Å². The van der Waals surface area contributed by atoms with Gasteiger partial charge in [-0.1, -0.05) is 30.3 Å². The summed E-state index contributed by atoms with van der Waals surface area (Å²) < 4.78 is 26.8. The van der Waals surface area contributed by atoms with Gasteiger partial charge in [-0.3, -0.25) is 9.52 Å². The van der Waals surface area contributed by atoms with Crippen LogP contribution in [-0.2, 0) is 21.2 Å². The van der Waals surface area contributed by atoms with Crippen LogP contribution in [0.15, 0.2) is 54.6 Å². The molecule has 0 aliphatic carbocycles. The van der Waals surface area contributed by atoms with Gasteiger partial charge in [0.05, 0.1) is 5.75 Å². The molecular weight excluding hydrogens is 312 g/mol. The van der Waals surface area contributed by atoms with Crippen LogP contribution in [0, 0.1) is 0 Å². The number of rotatable bonds is 6. The van der Waals surface area contributed by atoms with E-state index < -0.39 is 10.0 Å². The molecule has 0 aromatic heterocycles. The summed E-state index contributed by atoms with van der Waals surface area (Å²) in [6, 6.07) is 16.2. The van der Waals surface area contributed by atoms with E-state index in [1.807, 2.05) is 30.3 Å². The second-order valence-electron chi connectivity index (χ2n) is 5.28. The van der Waals surface area contributed by atoms with Crippen LogP contribution in [0.25, 0.3) is 0 Å². The topological polar surface area (TPSA) is 66.5 Å². The van der Waals surface area contributed by atoms with Crippen molar-refractivity contribution in [3.8, 4) is 0 Å². The van der Waals surface area contributed by atoms with Crippen molar-refractivity contribution in [1.82, 2.24) is 0 Å². The molecule has 0 bridgehead atoms. The highest BCUT2D eigenvalue weighted by atomic mass is 32.2. The Morgan fingerprint density at radius 2 is 1.65 bits per heavy atom. The van der Waals surface area contributed by atoms with Crippen molar-refractivity contribution in [2.45, 2.75) is 13.3 Å². The van der Waals surface area contributed by atoms with Crippen molar-refractivity contribution in [3.63, 3.8) is 0 Å². The number of aryl methyl sites for hydroxylation is 1. The molecule has 0 fully saturated rings. The van der Waals surface area contributed by atoms with Crippen molar-refractivity contribution in [3.05, 3.63) is 60.2 Å². The molecule has 0 heterocycles. The number of nitrogens with zero attached hydrogens (tertiary/aromatic N) is 1. The third-order valence-electron chi connectivity index (χ3n) is 3.50. The number of hydrogen-bond donors (Lipinski definition) is 1. The number of carbonyl (C=O) groups is 1. The van der Waals surface area contributed by atoms with Gasteiger partial charge in [-0.05, 0) is 36.2 Å². The first kappa shape index (κ1) is 17.0. The average Bonchev–Trinajstić information content (AvgIpc) is 2.54. The maximum absolute atomic E-state index is 12.1. The monoisotopic (exact) mass is 332 g/mol. The van der Waals surface area contributed by atoms with E-state index in [1.165, 1.54) is 11.8 Å². The Hall–Kier alpha value is -2.34. The molecule has 0 spiro atoms. The van der Waals surface area contributed by atoms with Gasteiger partial charge < -0.3 is 4.90 Å². The molecule has 0 aliphatic rings. The van der Waals surface area contributed by atoms with Crippen LogP contribution in [0.5, 0.6) is 0 Å². The van der Waals surface area contributed by atoms with E-state index in [1.54, 1.807) is 31.3 Å². The molecule has 0 saturated heterocycles. The molecule has 6 heteroatoms. The normalized spacial score (nSPS) is 11.0. The quantitative estimate of drug-likeness (QED) is 0.884. The van der Waals surface area contributed by atoms with Crippen molar-refractivity contribution in [2.24, 2.45) is 0 Å². The van der Waals surface area contributed by atoms with E-state index >= 15 is 0 Å². The molecule has 2 aromatic carbocycles. The second-order valence-corrected chi connectivity index (χ2v) is 7.12. The standard InChI is InChI=1S/C17H20N2O3S/c1-14(20)19(2)17-10-8-16(9-11-17)18-23(21,22)13-12-15-6-4-3-5-7-15/h3-11,18H,12-13H2,1-2H3. The molecule has 0 atom stereocenters. The highest BCUT2D eigenvalue weighted by Crippen LogP contribution is 2.18. The molecule has 2 aromatic rings. The molecule has 1 amide bonds. The maximum Gasteiger partial charge on any atom is 0.233 e. The van der Waals surface area contributed by atoms with Crippen molar-refractivity contribution < 1.29 is 13.2 Å². The maximum atomic E-state index is 12.1. The average molecular weight is 332 g/mol. The molecule has 0 aliphatic heterocycles. The van der Waals surface area contributed by atoms with Gasteiger partial charge in [-0.15, -0.1) is 0 Å². The van der Waals surface area contributed by atoms with Gasteiger partial charge in [0.1, 0.15) is 0 Å². The van der Waals surface area contributed by atoms with Crippen LogP contribution in [0.1, 0.15) is 12.5 Å². The van der Waals surface area contributed by atoms with Gasteiger partial charge in [-0.2, -0.15) is 0 Å². The first-order chi connectivity index (χ1) is 10.9. The molecule has 0 saturated carbocycles. The van der Waals surface area contributed by atoms with Gasteiger partial charge in [0, 0.05) is 25.3 Å². The van der Waals surface area contributed by atoms with Crippen LogP contribution in [0.4, 0.5) is 11.4 Å². The van der Waals surface area contributed by atoms with Crippen molar-refractivity contribution in [2.75, 3.05) is 22.4 Å². The summed E-state index contributed by atoms with van der Waals surface area (Å²) in [6.07, 6.45) is 0.460. The van der Waals surface area contributed by atoms with Gasteiger partial charge in [-0.25, -0.2) is 8.42 Å². The minimum absolute atomic E-state index is 0.0200. The zero-order valence-corrected chi connectivity index (χ0v) is 14.0. The number of sulfonamides is 1. The van der Waals surface area contributed by atoms with Crippen LogP contribution < -0.4 is 9.62 Å². The Kier molecular flexibility index (Phi) is 5.39. The Labute approximate surface area is 137 Å². The van der Waals surface area contributed by atoms with Gasteiger partial charge in [0.15, 0.2) is 0 Å². The summed E-state index contributed by atoms with van der Waals surface area (Å²) in [5, 5.41) is 0. The molecule has 0 radical (unpaired) electrons. The van der Waals surface area contributed by atoms with Crippen molar-refractivity contribution >= 4 is 27.3 Å². The smallest absolute Gasteiger partial charge is 0.233 e. The lowest BCUT2D eigenvalue weighted by molar-refractivity contribution is -0.116. The molecule has 2 rings (SSSR count). The fraction of sp³-hybridized carbons (Fsp3) is 0.235. The predicted molar refractivity (Wildman–Crippen MR) is 93.1 cm³/mol. The van der Waals surface area contributed by atoms with Gasteiger partial charge in [0.2, 0.25) is 15.9 Å². The number of amides is 1. The predicted octanol–water partition coefficient (Wildman–Crippen LogP) is 2.65. The SMILES string of the molecule is CC(=O)N(C)c1ccc(NS(=O)(=O)CCc2ccccc2)cc1. The molecule has 23 heavy (non-hydrogen) atoms. The Balaban J connectivity index is 1.99. The minimum atomic E-state index is -3.41. The van der Waals surface area contributed by atoms with E-state index in [0.717, 1.165) is 5.56 Å². The zero-order valence-electron chi connectivity index (χ0n) is 13.2. The summed E-state index contributed by atoms with van der Waals surface area (Å²) >= 11 is 0. The van der Waals surface area contributed by atoms with Crippen molar-refractivity contribution in [1.29, 1.82) is 0 Å². The Morgan fingerprint density at radius 3 is 2.22 bits per heavy atom. The Bertz CT molecular complexity index is 756. The first-order valence-electron chi connectivity index (χ1n) is 7.26. The van der Waals surface area contributed by atoms with Crippen LogP contribution in [0.2, 0.25) is 0 Å². The van der Waals surface area contributed by atoms with Crippen LogP contribution in [0.3, 0.4) is 0 Å². The summed E-state index contributed by atoms with van der Waals surface area (Å²) in [6.45, 7) is 1.47. The highest BCUT2D eigenvalue weighted by Gasteiger charge is 2.11. The largest absolute Gasteiger partial charge is 0.316 e. The minimum Gasteiger partial charge on any atom is -0.316 e. The summed E-state index contributed by atoms with van der Waals surface area (Å²) in [4.78, 5) is 12.8. The number of benzene rings is 2. The summed E-state index contributed by atoms with van der Waals surface area (Å²) in [5.41, 5.74) is 2.18. The van der Waals surface area contributed by atoms with Gasteiger partial charge >= 0.3 is 0 Å². The van der Waals surface area contributed by atoms with Crippen LogP contribution in [-0.4, -0.2) is 27.1 Å². The molecule has 122 valence electrons. The summed E-state index contributed by atoms with van der Waals surface area (Å²) in [5.74, 6) is -0.0623. The first-order valence-corrected chi connectivity index (χ1v) is 8.91. The number of anilines is 2. The Morgan fingerprint density at radius 1 is 1.04 bits per heavy atom. The highest BCUT2D eigenvalue weighted by molar-refractivity contribution is 7.92. The fourth-order valence-corrected chi connectivity index (χ4v) is 3.16. The van der Waals surface area contributed by atoms with Crippen LogP contribution >= 0.6 is 0 Å². The number of hydrogen-bond acceptors (Lipinski definition) is 3. The lowest BCUT2D eigenvalue weighted by Gasteiger charge is -2.15. The molecule has 1 N–H and O–H groups in total. The third kappa shape index (κ3) is 5.10. The molecular formula is C17H20N2O3S. The number of nitrogens with one attached hydrogen (secondary N) is 1. The lowest BCUT2D eigenvalue weighted by Crippen LogP contribution is -2.22. The van der Waals surface area contributed by atoms with E-state index in [2.05, 4.69) is 4.72 Å². The second kappa shape index (κ2) is 7.28.